The number of carbonyl (C=O) groups is 2. The van der Waals surface area contributed by atoms with E-state index < -0.39 is 11.7 Å². The Labute approximate surface area is 199 Å². The Hall–Kier alpha value is -3.96. The lowest BCUT2D eigenvalue weighted by molar-refractivity contribution is -0.137. The molecular weight excluding hydrogens is 463 g/mol. The number of piperazine rings is 1. The van der Waals surface area contributed by atoms with Gasteiger partial charge in [-0.2, -0.15) is 23.0 Å². The smallest absolute Gasteiger partial charge is 0.335 e. The predicted molar refractivity (Wildman–Crippen MR) is 121 cm³/mol. The zero-order valence-electron chi connectivity index (χ0n) is 19.2. The topological polar surface area (TPSA) is 96.2 Å². The molecule has 3 amide bonds. The van der Waals surface area contributed by atoms with Crippen molar-refractivity contribution in [3.05, 3.63) is 65.6 Å². The fourth-order valence-electron chi connectivity index (χ4n) is 3.61. The van der Waals surface area contributed by atoms with Gasteiger partial charge < -0.3 is 9.80 Å². The fourth-order valence-corrected chi connectivity index (χ4v) is 3.61. The van der Waals surface area contributed by atoms with Crippen molar-refractivity contribution in [2.45, 2.75) is 25.9 Å². The molecule has 4 rings (SSSR count). The maximum atomic E-state index is 12.9. The minimum Gasteiger partial charge on any atom is -0.335 e. The molecule has 0 saturated carbocycles. The van der Waals surface area contributed by atoms with E-state index in [0.29, 0.717) is 11.8 Å². The van der Waals surface area contributed by atoms with Gasteiger partial charge in [-0.1, -0.05) is 13.8 Å². The standard InChI is InChI=1S/C23H24F3N7O2/c1-15(2)18-14-19(33(30-18)21-27-8-3-9-28-21)29-22(35)32-12-10-31(11-13-32)20(34)16-4-6-17(7-5-16)23(24,25)26/h3-9,14-15H,10-13H2,1-2H3,(H,29,35). The van der Waals surface area contributed by atoms with Crippen LogP contribution in [0.15, 0.2) is 48.8 Å². The Kier molecular flexibility index (Phi) is 6.72. The van der Waals surface area contributed by atoms with E-state index in [1.54, 1.807) is 29.4 Å². The molecule has 3 aromatic rings. The monoisotopic (exact) mass is 487 g/mol. The summed E-state index contributed by atoms with van der Waals surface area (Å²) in [7, 11) is 0. The van der Waals surface area contributed by atoms with Crippen molar-refractivity contribution in [3.63, 3.8) is 0 Å². The van der Waals surface area contributed by atoms with Gasteiger partial charge in [0.15, 0.2) is 0 Å². The van der Waals surface area contributed by atoms with Gasteiger partial charge in [0.25, 0.3) is 11.9 Å². The lowest BCUT2D eigenvalue weighted by Crippen LogP contribution is -2.51. The summed E-state index contributed by atoms with van der Waals surface area (Å²) in [5.74, 6) is 0.491. The van der Waals surface area contributed by atoms with Crippen molar-refractivity contribution >= 4 is 17.8 Å². The highest BCUT2D eigenvalue weighted by molar-refractivity contribution is 5.94. The van der Waals surface area contributed by atoms with Gasteiger partial charge in [0.1, 0.15) is 5.82 Å². The quantitative estimate of drug-likeness (QED) is 0.604. The number of carbonyl (C=O) groups excluding carboxylic acids is 2. The molecule has 1 aromatic carbocycles. The van der Waals surface area contributed by atoms with E-state index >= 15 is 0 Å². The minimum atomic E-state index is -4.46. The Balaban J connectivity index is 1.40. The van der Waals surface area contributed by atoms with Crippen LogP contribution in [0.1, 0.15) is 41.4 Å². The number of rotatable bonds is 4. The first-order chi connectivity index (χ1) is 16.6. The summed E-state index contributed by atoms with van der Waals surface area (Å²) >= 11 is 0. The molecule has 2 aromatic heterocycles. The third kappa shape index (κ3) is 5.42. The van der Waals surface area contributed by atoms with Crippen LogP contribution in [0, 0.1) is 0 Å². The van der Waals surface area contributed by atoms with E-state index in [1.165, 1.54) is 21.7 Å². The molecule has 0 radical (unpaired) electrons. The molecule has 1 saturated heterocycles. The molecular formula is C23H24F3N7O2. The molecule has 0 bridgehead atoms. The van der Waals surface area contributed by atoms with Crippen molar-refractivity contribution in [2.24, 2.45) is 0 Å². The van der Waals surface area contributed by atoms with Gasteiger partial charge in [0.05, 0.1) is 11.3 Å². The number of urea groups is 1. The number of alkyl halides is 3. The molecule has 0 atom stereocenters. The maximum Gasteiger partial charge on any atom is 0.416 e. The zero-order valence-corrected chi connectivity index (χ0v) is 19.2. The Bertz CT molecular complexity index is 1190. The number of benzene rings is 1. The highest BCUT2D eigenvalue weighted by Crippen LogP contribution is 2.29. The van der Waals surface area contributed by atoms with Crippen LogP contribution in [0.3, 0.4) is 0 Å². The summed E-state index contributed by atoms with van der Waals surface area (Å²) in [6.07, 6.45) is -1.30. The first-order valence-electron chi connectivity index (χ1n) is 11.0. The SMILES string of the molecule is CC(C)c1cc(NC(=O)N2CCN(C(=O)c3ccc(C(F)(F)F)cc3)CC2)n(-c2ncccn2)n1. The van der Waals surface area contributed by atoms with Gasteiger partial charge in [-0.25, -0.2) is 14.8 Å². The van der Waals surface area contributed by atoms with Crippen molar-refractivity contribution in [1.82, 2.24) is 29.5 Å². The van der Waals surface area contributed by atoms with Crippen LogP contribution < -0.4 is 5.32 Å². The average Bonchev–Trinajstić information content (AvgIpc) is 3.28. The van der Waals surface area contributed by atoms with E-state index in [0.717, 1.165) is 17.8 Å². The minimum absolute atomic E-state index is 0.121. The largest absolute Gasteiger partial charge is 0.416 e. The molecule has 1 fully saturated rings. The Morgan fingerprint density at radius 1 is 0.971 bits per heavy atom. The number of aromatic nitrogens is 4. The van der Waals surface area contributed by atoms with Gasteiger partial charge in [0.2, 0.25) is 0 Å². The highest BCUT2D eigenvalue weighted by atomic mass is 19.4. The van der Waals surface area contributed by atoms with Crippen molar-refractivity contribution in [3.8, 4) is 5.95 Å². The second kappa shape index (κ2) is 9.72. The lowest BCUT2D eigenvalue weighted by atomic mass is 10.1. The molecule has 0 aliphatic carbocycles. The third-order valence-corrected chi connectivity index (χ3v) is 5.61. The van der Waals surface area contributed by atoms with E-state index in [4.69, 9.17) is 0 Å². The van der Waals surface area contributed by atoms with Crippen LogP contribution in [0.25, 0.3) is 5.95 Å². The molecule has 1 N–H and O–H groups in total. The molecule has 9 nitrogen and oxygen atoms in total. The van der Waals surface area contributed by atoms with E-state index in [1.807, 2.05) is 13.8 Å². The Morgan fingerprint density at radius 2 is 1.57 bits per heavy atom. The summed E-state index contributed by atoms with van der Waals surface area (Å²) in [6.45, 7) is 5.02. The number of nitrogens with one attached hydrogen (secondary N) is 1. The normalized spacial score (nSPS) is 14.3. The zero-order chi connectivity index (χ0) is 25.2. The van der Waals surface area contributed by atoms with Crippen molar-refractivity contribution < 1.29 is 22.8 Å². The number of halogens is 3. The predicted octanol–water partition coefficient (Wildman–Crippen LogP) is 3.79. The lowest BCUT2D eigenvalue weighted by Gasteiger charge is -2.34. The van der Waals surface area contributed by atoms with Gasteiger partial charge >= 0.3 is 12.2 Å². The number of nitrogens with zero attached hydrogens (tertiary/aromatic N) is 6. The van der Waals surface area contributed by atoms with Crippen LogP contribution in [-0.4, -0.2) is 67.7 Å². The molecule has 184 valence electrons. The molecule has 1 aliphatic heterocycles. The van der Waals surface area contributed by atoms with Crippen molar-refractivity contribution in [2.75, 3.05) is 31.5 Å². The second-order valence-corrected chi connectivity index (χ2v) is 8.35. The van der Waals surface area contributed by atoms with Crippen molar-refractivity contribution in [1.29, 1.82) is 0 Å². The highest BCUT2D eigenvalue weighted by Gasteiger charge is 2.31. The summed E-state index contributed by atoms with van der Waals surface area (Å²) < 4.78 is 39.8. The van der Waals surface area contributed by atoms with Gasteiger partial charge in [-0.05, 0) is 36.2 Å². The fraction of sp³-hybridized carbons (Fsp3) is 0.348. The van der Waals surface area contributed by atoms with E-state index in [-0.39, 0.29) is 49.6 Å². The van der Waals surface area contributed by atoms with E-state index in [2.05, 4.69) is 20.4 Å². The molecule has 35 heavy (non-hydrogen) atoms. The van der Waals surface area contributed by atoms with Gasteiger partial charge in [0, 0.05) is 50.2 Å². The number of anilines is 1. The number of amides is 3. The molecule has 0 unspecified atom stereocenters. The van der Waals surface area contributed by atoms with Crippen LogP contribution in [0.2, 0.25) is 0 Å². The van der Waals surface area contributed by atoms with Gasteiger partial charge in [-0.15, -0.1) is 0 Å². The first-order valence-corrected chi connectivity index (χ1v) is 11.0. The number of hydrogen-bond acceptors (Lipinski definition) is 5. The molecule has 0 spiro atoms. The van der Waals surface area contributed by atoms with Crippen LogP contribution in [0.5, 0.6) is 0 Å². The molecule has 1 aliphatic rings. The van der Waals surface area contributed by atoms with Crippen LogP contribution in [0.4, 0.5) is 23.8 Å². The number of hydrogen-bond donors (Lipinski definition) is 1. The average molecular weight is 487 g/mol. The van der Waals surface area contributed by atoms with Crippen LogP contribution in [-0.2, 0) is 6.18 Å². The summed E-state index contributed by atoms with van der Waals surface area (Å²) in [5, 5.41) is 7.35. The molecule has 3 heterocycles. The summed E-state index contributed by atoms with van der Waals surface area (Å²) in [4.78, 5) is 37.1. The Morgan fingerprint density at radius 3 is 2.14 bits per heavy atom. The first kappa shape index (κ1) is 24.2. The maximum absolute atomic E-state index is 12.9. The molecule has 12 heteroatoms. The second-order valence-electron chi connectivity index (χ2n) is 8.35. The van der Waals surface area contributed by atoms with Crippen LogP contribution >= 0.6 is 0 Å². The van der Waals surface area contributed by atoms with E-state index in [9.17, 15) is 22.8 Å². The summed E-state index contributed by atoms with van der Waals surface area (Å²) in [5.41, 5.74) is 0.125. The third-order valence-electron chi connectivity index (χ3n) is 5.61. The summed E-state index contributed by atoms with van der Waals surface area (Å²) in [6, 6.07) is 7.21. The van der Waals surface area contributed by atoms with Gasteiger partial charge in [-0.3, -0.25) is 10.1 Å².